The Morgan fingerprint density at radius 3 is 2.25 bits per heavy atom. The van der Waals surface area contributed by atoms with Gasteiger partial charge in [-0.2, -0.15) is 0 Å². The Bertz CT molecular complexity index is 459. The molecule has 1 rings (SSSR count). The van der Waals surface area contributed by atoms with E-state index in [4.69, 9.17) is 11.6 Å². The highest BCUT2D eigenvalue weighted by Crippen LogP contribution is 2.22. The molecular formula is C16H25ClN2O. The van der Waals surface area contributed by atoms with Crippen LogP contribution in [0.15, 0.2) is 12.1 Å². The highest BCUT2D eigenvalue weighted by Gasteiger charge is 2.26. The van der Waals surface area contributed by atoms with Gasteiger partial charge in [0.25, 0.3) is 5.91 Å². The van der Waals surface area contributed by atoms with Crippen molar-refractivity contribution in [2.45, 2.75) is 65.3 Å². The molecule has 0 saturated heterocycles. The van der Waals surface area contributed by atoms with E-state index in [2.05, 4.69) is 31.1 Å². The Hall–Kier alpha value is -1.09. The summed E-state index contributed by atoms with van der Waals surface area (Å²) in [5.74, 6) is 0.176. The first-order valence-corrected chi connectivity index (χ1v) is 7.75. The Morgan fingerprint density at radius 2 is 1.80 bits per heavy atom. The molecule has 0 spiro atoms. The van der Waals surface area contributed by atoms with Crippen molar-refractivity contribution >= 4 is 17.5 Å². The summed E-state index contributed by atoms with van der Waals surface area (Å²) in [6.07, 6.45) is 2.75. The van der Waals surface area contributed by atoms with Crippen molar-refractivity contribution in [3.05, 3.63) is 28.5 Å². The predicted octanol–water partition coefficient (Wildman–Crippen LogP) is 4.56. The molecule has 112 valence electrons. The summed E-state index contributed by atoms with van der Waals surface area (Å²) in [6, 6.07) is 3.46. The Kier molecular flexibility index (Phi) is 6.00. The minimum atomic E-state index is -0.134. The first-order chi connectivity index (χ1) is 9.37. The van der Waals surface area contributed by atoms with Gasteiger partial charge in [-0.3, -0.25) is 4.79 Å². The van der Waals surface area contributed by atoms with Crippen LogP contribution in [-0.4, -0.2) is 16.4 Å². The van der Waals surface area contributed by atoms with Crippen molar-refractivity contribution in [2.24, 2.45) is 0 Å². The standard InChI is InChI=1S/C16H25ClN2O/c1-6-16(7-2,8-3)19-15(20)12-9-13(11(4)5)18-14(17)10-12/h9-11H,6-8H2,1-5H3,(H,19,20). The molecule has 0 bridgehead atoms. The van der Waals surface area contributed by atoms with Crippen LogP contribution in [0.25, 0.3) is 0 Å². The number of nitrogens with zero attached hydrogens (tertiary/aromatic N) is 1. The van der Waals surface area contributed by atoms with E-state index in [9.17, 15) is 4.79 Å². The number of pyridine rings is 1. The summed E-state index contributed by atoms with van der Waals surface area (Å²) in [5, 5.41) is 3.54. The maximum atomic E-state index is 12.5. The molecule has 4 heteroatoms. The first-order valence-electron chi connectivity index (χ1n) is 7.37. The lowest BCUT2D eigenvalue weighted by molar-refractivity contribution is 0.0888. The molecule has 0 aromatic carbocycles. The Labute approximate surface area is 127 Å². The van der Waals surface area contributed by atoms with E-state index in [1.165, 1.54) is 0 Å². The largest absolute Gasteiger partial charge is 0.347 e. The van der Waals surface area contributed by atoms with Crippen LogP contribution < -0.4 is 5.32 Å². The van der Waals surface area contributed by atoms with Gasteiger partial charge in [0.2, 0.25) is 0 Å². The maximum absolute atomic E-state index is 12.5. The van der Waals surface area contributed by atoms with Gasteiger partial charge in [0.05, 0.1) is 0 Å². The normalized spacial score (nSPS) is 11.8. The van der Waals surface area contributed by atoms with Crippen LogP contribution in [-0.2, 0) is 0 Å². The van der Waals surface area contributed by atoms with E-state index in [1.54, 1.807) is 6.07 Å². The van der Waals surface area contributed by atoms with Crippen molar-refractivity contribution in [3.8, 4) is 0 Å². The van der Waals surface area contributed by atoms with Gasteiger partial charge in [0.1, 0.15) is 5.15 Å². The number of hydrogen-bond acceptors (Lipinski definition) is 2. The topological polar surface area (TPSA) is 42.0 Å². The molecule has 0 saturated carbocycles. The Balaban J connectivity index is 3.03. The van der Waals surface area contributed by atoms with Crippen molar-refractivity contribution < 1.29 is 4.79 Å². The second-order valence-corrected chi connectivity index (χ2v) is 5.94. The van der Waals surface area contributed by atoms with Crippen molar-refractivity contribution in [1.82, 2.24) is 10.3 Å². The van der Waals surface area contributed by atoms with Crippen LogP contribution in [0.5, 0.6) is 0 Å². The number of amides is 1. The summed E-state index contributed by atoms with van der Waals surface area (Å²) in [4.78, 5) is 16.7. The molecule has 0 aliphatic carbocycles. The number of nitrogens with one attached hydrogen (secondary N) is 1. The van der Waals surface area contributed by atoms with Crippen molar-refractivity contribution in [1.29, 1.82) is 0 Å². The third-order valence-electron chi connectivity index (χ3n) is 4.08. The lowest BCUT2D eigenvalue weighted by atomic mass is 9.89. The van der Waals surface area contributed by atoms with Crippen molar-refractivity contribution in [3.63, 3.8) is 0 Å². The lowest BCUT2D eigenvalue weighted by Crippen LogP contribution is -2.47. The predicted molar refractivity (Wildman–Crippen MR) is 84.4 cm³/mol. The molecule has 0 unspecified atom stereocenters. The van der Waals surface area contributed by atoms with Gasteiger partial charge >= 0.3 is 0 Å². The van der Waals surface area contributed by atoms with Gasteiger partial charge in [-0.25, -0.2) is 4.98 Å². The van der Waals surface area contributed by atoms with Gasteiger partial charge in [-0.1, -0.05) is 46.2 Å². The van der Waals surface area contributed by atoms with E-state index in [0.717, 1.165) is 25.0 Å². The number of hydrogen-bond donors (Lipinski definition) is 1. The third kappa shape index (κ3) is 3.95. The summed E-state index contributed by atoms with van der Waals surface area (Å²) >= 11 is 6.02. The van der Waals surface area contributed by atoms with E-state index < -0.39 is 0 Å². The number of halogens is 1. The number of carbonyl (C=O) groups excluding carboxylic acids is 1. The molecule has 0 aliphatic heterocycles. The molecule has 0 fully saturated rings. The molecule has 1 aromatic heterocycles. The highest BCUT2D eigenvalue weighted by molar-refractivity contribution is 6.29. The number of carbonyl (C=O) groups is 1. The van der Waals surface area contributed by atoms with Crippen LogP contribution >= 0.6 is 11.6 Å². The minimum absolute atomic E-state index is 0.0678. The van der Waals surface area contributed by atoms with Crippen molar-refractivity contribution in [2.75, 3.05) is 0 Å². The van der Waals surface area contributed by atoms with E-state index in [0.29, 0.717) is 10.7 Å². The third-order valence-corrected chi connectivity index (χ3v) is 4.27. The molecule has 1 amide bonds. The van der Waals surface area contributed by atoms with Crippen LogP contribution in [0.4, 0.5) is 0 Å². The van der Waals surface area contributed by atoms with Crippen LogP contribution in [0, 0.1) is 0 Å². The monoisotopic (exact) mass is 296 g/mol. The van der Waals surface area contributed by atoms with Gasteiger partial charge in [-0.15, -0.1) is 0 Å². The number of aromatic nitrogens is 1. The lowest BCUT2D eigenvalue weighted by Gasteiger charge is -2.31. The SMILES string of the molecule is CCC(CC)(CC)NC(=O)c1cc(Cl)nc(C(C)C)c1. The molecule has 0 radical (unpaired) electrons. The molecule has 1 aromatic rings. The Morgan fingerprint density at radius 1 is 1.25 bits per heavy atom. The summed E-state index contributed by atoms with van der Waals surface area (Å²) in [6.45, 7) is 10.4. The second-order valence-electron chi connectivity index (χ2n) is 5.55. The van der Waals surface area contributed by atoms with Crippen LogP contribution in [0.3, 0.4) is 0 Å². The average molecular weight is 297 g/mol. The summed E-state index contributed by atoms with van der Waals surface area (Å²) in [5.41, 5.74) is 1.30. The molecule has 0 atom stereocenters. The summed E-state index contributed by atoms with van der Waals surface area (Å²) < 4.78 is 0. The fourth-order valence-electron chi connectivity index (χ4n) is 2.27. The maximum Gasteiger partial charge on any atom is 0.251 e. The zero-order chi connectivity index (χ0) is 15.3. The van der Waals surface area contributed by atoms with Gasteiger partial charge in [0.15, 0.2) is 0 Å². The second kappa shape index (κ2) is 7.07. The average Bonchev–Trinajstić information content (AvgIpc) is 2.44. The highest BCUT2D eigenvalue weighted by atomic mass is 35.5. The van der Waals surface area contributed by atoms with Crippen LogP contribution in [0.1, 0.15) is 75.9 Å². The zero-order valence-electron chi connectivity index (χ0n) is 13.1. The molecule has 3 nitrogen and oxygen atoms in total. The smallest absolute Gasteiger partial charge is 0.251 e. The quantitative estimate of drug-likeness (QED) is 0.782. The molecule has 20 heavy (non-hydrogen) atoms. The van der Waals surface area contributed by atoms with E-state index in [1.807, 2.05) is 19.9 Å². The van der Waals surface area contributed by atoms with E-state index in [-0.39, 0.29) is 17.4 Å². The van der Waals surface area contributed by atoms with Crippen LogP contribution in [0.2, 0.25) is 5.15 Å². The molecular weight excluding hydrogens is 272 g/mol. The van der Waals surface area contributed by atoms with Gasteiger partial charge in [0, 0.05) is 16.8 Å². The minimum Gasteiger partial charge on any atom is -0.347 e. The molecule has 0 aliphatic rings. The first kappa shape index (κ1) is 17.0. The molecule has 1 N–H and O–H groups in total. The summed E-state index contributed by atoms with van der Waals surface area (Å²) in [7, 11) is 0. The van der Waals surface area contributed by atoms with E-state index >= 15 is 0 Å². The van der Waals surface area contributed by atoms with Gasteiger partial charge in [-0.05, 0) is 37.3 Å². The number of rotatable bonds is 6. The zero-order valence-corrected chi connectivity index (χ0v) is 13.8. The van der Waals surface area contributed by atoms with Gasteiger partial charge < -0.3 is 5.32 Å². The fraction of sp³-hybridized carbons (Fsp3) is 0.625. The molecule has 1 heterocycles. The fourth-order valence-corrected chi connectivity index (χ4v) is 2.49.